The van der Waals surface area contributed by atoms with Gasteiger partial charge in [-0.05, 0) is 12.5 Å². The lowest BCUT2D eigenvalue weighted by molar-refractivity contribution is 0.184. The maximum atomic E-state index is 12.0. The van der Waals surface area contributed by atoms with Crippen molar-refractivity contribution in [2.24, 2.45) is 5.92 Å². The summed E-state index contributed by atoms with van der Waals surface area (Å²) >= 11 is 0. The number of urea groups is 1. The molecule has 2 amide bonds. The van der Waals surface area contributed by atoms with Crippen molar-refractivity contribution in [3.63, 3.8) is 0 Å². The number of nitrogens with one attached hydrogen (secondary N) is 2. The summed E-state index contributed by atoms with van der Waals surface area (Å²) in [5.41, 5.74) is 1.05. The van der Waals surface area contributed by atoms with Crippen molar-refractivity contribution < 1.29 is 14.3 Å². The van der Waals surface area contributed by atoms with Crippen LogP contribution in [0.15, 0.2) is 24.3 Å². The smallest absolute Gasteiger partial charge is 0.315 e. The molecule has 0 aliphatic carbocycles. The van der Waals surface area contributed by atoms with Crippen LogP contribution in [0.5, 0.6) is 5.75 Å². The van der Waals surface area contributed by atoms with E-state index < -0.39 is 0 Å². The number of carbonyl (C=O) groups excluding carboxylic acids is 1. The van der Waals surface area contributed by atoms with Crippen molar-refractivity contribution in [2.45, 2.75) is 18.9 Å². The van der Waals surface area contributed by atoms with Gasteiger partial charge in [-0.1, -0.05) is 18.2 Å². The van der Waals surface area contributed by atoms with Crippen molar-refractivity contribution in [1.82, 2.24) is 10.6 Å². The largest absolute Gasteiger partial charge is 0.493 e. The van der Waals surface area contributed by atoms with Gasteiger partial charge in [0.25, 0.3) is 0 Å². The van der Waals surface area contributed by atoms with Gasteiger partial charge in [-0.3, -0.25) is 0 Å². The highest BCUT2D eigenvalue weighted by atomic mass is 16.5. The van der Waals surface area contributed by atoms with E-state index in [2.05, 4.69) is 10.6 Å². The lowest BCUT2D eigenvalue weighted by Crippen LogP contribution is -2.41. The molecule has 1 fully saturated rings. The van der Waals surface area contributed by atoms with E-state index in [1.54, 1.807) is 0 Å². The molecule has 2 heterocycles. The standard InChI is InChI=1S/C15H20N2O3/c18-15(16-9-11-5-7-19-10-11)17-13-6-8-20-14-4-2-1-3-12(13)14/h1-4,11,13H,5-10H2,(H2,16,17,18)/t11-,13+/m1/s1. The van der Waals surface area contributed by atoms with E-state index in [1.165, 1.54) is 0 Å². The lowest BCUT2D eigenvalue weighted by Gasteiger charge is -2.26. The minimum Gasteiger partial charge on any atom is -0.493 e. The number of rotatable bonds is 3. The first-order valence-corrected chi connectivity index (χ1v) is 7.17. The molecule has 2 aliphatic rings. The van der Waals surface area contributed by atoms with Gasteiger partial charge >= 0.3 is 6.03 Å². The minimum absolute atomic E-state index is 0.0276. The van der Waals surface area contributed by atoms with Crippen LogP contribution in [0.1, 0.15) is 24.4 Å². The maximum Gasteiger partial charge on any atom is 0.315 e. The Morgan fingerprint density at radius 2 is 2.15 bits per heavy atom. The van der Waals surface area contributed by atoms with Crippen LogP contribution >= 0.6 is 0 Å². The van der Waals surface area contributed by atoms with Crippen molar-refractivity contribution >= 4 is 6.03 Å². The average molecular weight is 276 g/mol. The van der Waals surface area contributed by atoms with Gasteiger partial charge in [0, 0.05) is 31.1 Å². The van der Waals surface area contributed by atoms with Crippen molar-refractivity contribution in [1.29, 1.82) is 0 Å². The van der Waals surface area contributed by atoms with Gasteiger partial charge in [0.2, 0.25) is 0 Å². The molecule has 5 nitrogen and oxygen atoms in total. The third-order valence-electron chi connectivity index (χ3n) is 3.84. The molecule has 108 valence electrons. The van der Waals surface area contributed by atoms with Gasteiger partial charge in [0.1, 0.15) is 5.75 Å². The van der Waals surface area contributed by atoms with E-state index in [1.807, 2.05) is 24.3 Å². The first-order chi connectivity index (χ1) is 9.83. The van der Waals surface area contributed by atoms with Crippen LogP contribution < -0.4 is 15.4 Å². The fourth-order valence-electron chi connectivity index (χ4n) is 2.68. The quantitative estimate of drug-likeness (QED) is 0.885. The Hall–Kier alpha value is -1.75. The molecule has 5 heteroatoms. The molecule has 1 aromatic carbocycles. The van der Waals surface area contributed by atoms with Crippen molar-refractivity contribution in [3.8, 4) is 5.75 Å². The van der Waals surface area contributed by atoms with Gasteiger partial charge < -0.3 is 20.1 Å². The first-order valence-electron chi connectivity index (χ1n) is 7.17. The molecule has 0 radical (unpaired) electrons. The summed E-state index contributed by atoms with van der Waals surface area (Å²) in [4.78, 5) is 12.0. The number of para-hydroxylation sites is 1. The third-order valence-corrected chi connectivity index (χ3v) is 3.84. The van der Waals surface area contributed by atoms with Crippen molar-refractivity contribution in [3.05, 3.63) is 29.8 Å². The van der Waals surface area contributed by atoms with Crippen LogP contribution in [0.3, 0.4) is 0 Å². The Morgan fingerprint density at radius 1 is 1.25 bits per heavy atom. The SMILES string of the molecule is O=C(NC[C@H]1CCOC1)N[C@H]1CCOc2ccccc21. The molecule has 0 unspecified atom stereocenters. The molecule has 20 heavy (non-hydrogen) atoms. The molecular formula is C15H20N2O3. The van der Waals surface area contributed by atoms with Crippen LogP contribution in [-0.4, -0.2) is 32.4 Å². The Morgan fingerprint density at radius 3 is 3.00 bits per heavy atom. The molecule has 0 bridgehead atoms. The number of hydrogen-bond donors (Lipinski definition) is 2. The number of fused-ring (bicyclic) bond motifs is 1. The van der Waals surface area contributed by atoms with E-state index >= 15 is 0 Å². The highest BCUT2D eigenvalue weighted by Crippen LogP contribution is 2.31. The molecule has 2 aliphatic heterocycles. The van der Waals surface area contributed by atoms with Crippen molar-refractivity contribution in [2.75, 3.05) is 26.4 Å². The average Bonchev–Trinajstić information content (AvgIpc) is 2.99. The molecule has 0 aromatic heterocycles. The zero-order chi connectivity index (χ0) is 13.8. The second-order valence-corrected chi connectivity index (χ2v) is 5.31. The summed E-state index contributed by atoms with van der Waals surface area (Å²) in [6.45, 7) is 2.87. The molecular weight excluding hydrogens is 256 g/mol. The van der Waals surface area contributed by atoms with Crippen LogP contribution in [0.4, 0.5) is 4.79 Å². The summed E-state index contributed by atoms with van der Waals surface area (Å²) in [5.74, 6) is 1.32. The summed E-state index contributed by atoms with van der Waals surface area (Å²) in [6, 6.07) is 7.77. The molecule has 2 atom stereocenters. The molecule has 1 aromatic rings. The predicted molar refractivity (Wildman–Crippen MR) is 74.8 cm³/mol. The van der Waals surface area contributed by atoms with E-state index in [0.29, 0.717) is 19.1 Å². The number of benzene rings is 1. The topological polar surface area (TPSA) is 59.6 Å². The van der Waals surface area contributed by atoms with Gasteiger partial charge in [0.15, 0.2) is 0 Å². The zero-order valence-electron chi connectivity index (χ0n) is 11.4. The Bertz CT molecular complexity index is 472. The molecule has 2 N–H and O–H groups in total. The second kappa shape index (κ2) is 6.13. The van der Waals surface area contributed by atoms with Crippen LogP contribution in [0.2, 0.25) is 0 Å². The Kier molecular flexibility index (Phi) is 4.06. The number of amides is 2. The monoisotopic (exact) mass is 276 g/mol. The first kappa shape index (κ1) is 13.2. The number of carbonyl (C=O) groups is 1. The van der Waals surface area contributed by atoms with Crippen LogP contribution in [0, 0.1) is 5.92 Å². The highest BCUT2D eigenvalue weighted by molar-refractivity contribution is 5.74. The van der Waals surface area contributed by atoms with Gasteiger partial charge in [0.05, 0.1) is 19.3 Å². The summed E-state index contributed by atoms with van der Waals surface area (Å²) < 4.78 is 10.9. The summed E-state index contributed by atoms with van der Waals surface area (Å²) in [6.07, 6.45) is 1.83. The second-order valence-electron chi connectivity index (χ2n) is 5.31. The zero-order valence-corrected chi connectivity index (χ0v) is 11.4. The van der Waals surface area contributed by atoms with E-state index in [-0.39, 0.29) is 12.1 Å². The van der Waals surface area contributed by atoms with Gasteiger partial charge in [-0.2, -0.15) is 0 Å². The fourth-order valence-corrected chi connectivity index (χ4v) is 2.68. The highest BCUT2D eigenvalue weighted by Gasteiger charge is 2.23. The summed E-state index contributed by atoms with van der Waals surface area (Å²) in [7, 11) is 0. The van der Waals surface area contributed by atoms with Gasteiger partial charge in [-0.15, -0.1) is 0 Å². The van der Waals surface area contributed by atoms with Gasteiger partial charge in [-0.25, -0.2) is 4.79 Å². The minimum atomic E-state index is -0.112. The predicted octanol–water partition coefficient (Wildman–Crippen LogP) is 1.85. The molecule has 0 saturated carbocycles. The van der Waals surface area contributed by atoms with E-state index in [0.717, 1.165) is 37.4 Å². The van der Waals surface area contributed by atoms with E-state index in [4.69, 9.17) is 9.47 Å². The Labute approximate surface area is 118 Å². The normalized spacial score (nSPS) is 24.6. The van der Waals surface area contributed by atoms with E-state index in [9.17, 15) is 4.79 Å². The fraction of sp³-hybridized carbons (Fsp3) is 0.533. The molecule has 1 saturated heterocycles. The third kappa shape index (κ3) is 3.04. The molecule has 0 spiro atoms. The Balaban J connectivity index is 1.54. The summed E-state index contributed by atoms with van der Waals surface area (Å²) in [5, 5.41) is 5.96. The van der Waals surface area contributed by atoms with Crippen LogP contribution in [0.25, 0.3) is 0 Å². The number of ether oxygens (including phenoxy) is 2. The number of hydrogen-bond acceptors (Lipinski definition) is 3. The lowest BCUT2D eigenvalue weighted by atomic mass is 10.0. The maximum absolute atomic E-state index is 12.0. The van der Waals surface area contributed by atoms with Crippen LogP contribution in [-0.2, 0) is 4.74 Å². The molecule has 3 rings (SSSR count).